The number of pyridine rings is 1. The van der Waals surface area contributed by atoms with E-state index in [1.807, 2.05) is 36.4 Å². The van der Waals surface area contributed by atoms with Crippen LogP contribution in [0.5, 0.6) is 5.88 Å². The van der Waals surface area contributed by atoms with Gasteiger partial charge in [-0.15, -0.1) is 10.2 Å². The normalized spacial score (nSPS) is 22.4. The number of amides is 1. The molecule has 1 amide bonds. The number of fused-ring (bicyclic) bond motifs is 3. The van der Waals surface area contributed by atoms with E-state index in [9.17, 15) is 4.79 Å². The van der Waals surface area contributed by atoms with E-state index < -0.39 is 0 Å². The first kappa shape index (κ1) is 20.9. The molecular formula is C24H26ClN5O2. The number of aromatic nitrogens is 4. The Morgan fingerprint density at radius 1 is 1.12 bits per heavy atom. The predicted molar refractivity (Wildman–Crippen MR) is 121 cm³/mol. The largest absolute Gasteiger partial charge is 0.474 e. The predicted octanol–water partition coefficient (Wildman–Crippen LogP) is 4.02. The molecule has 1 saturated carbocycles. The van der Waals surface area contributed by atoms with Crippen molar-refractivity contribution < 1.29 is 9.53 Å². The first-order chi connectivity index (χ1) is 15.6. The summed E-state index contributed by atoms with van der Waals surface area (Å²) in [5.74, 6) is 2.82. The SMILES string of the molecule is CC(=O)N[C@H]1Cc2cc(Cl)ccc2-n2c(nnc2[C@H]2CC[C@H](Oc3ccccn3)CC2)C1. The molecule has 0 saturated heterocycles. The van der Waals surface area contributed by atoms with E-state index in [2.05, 4.69) is 25.1 Å². The standard InChI is InChI=1S/C24H26ClN5O2/c1-15(31)27-19-13-17-12-18(25)7-10-21(17)30-22(14-19)28-29-24(30)16-5-8-20(9-6-16)32-23-4-2-3-11-26-23/h2-4,7,10-12,16,19-20H,5-6,8-9,13-14H2,1H3,(H,27,31)/t16-,19-,20-/m0/s1. The van der Waals surface area contributed by atoms with Crippen LogP contribution in [0.1, 0.15) is 55.7 Å². The third kappa shape index (κ3) is 4.35. The molecule has 7 nitrogen and oxygen atoms in total. The highest BCUT2D eigenvalue weighted by atomic mass is 35.5. The average Bonchev–Trinajstić information content (AvgIpc) is 3.11. The van der Waals surface area contributed by atoms with Crippen molar-refractivity contribution in [2.45, 2.75) is 63.5 Å². The van der Waals surface area contributed by atoms with E-state index >= 15 is 0 Å². The fourth-order valence-electron chi connectivity index (χ4n) is 4.90. The number of halogens is 1. The zero-order valence-corrected chi connectivity index (χ0v) is 18.8. The molecule has 0 unspecified atom stereocenters. The van der Waals surface area contributed by atoms with Gasteiger partial charge >= 0.3 is 0 Å². The van der Waals surface area contributed by atoms with Crippen LogP contribution in [0, 0.1) is 0 Å². The van der Waals surface area contributed by atoms with Crippen LogP contribution in [0.2, 0.25) is 5.02 Å². The second-order valence-electron chi connectivity index (χ2n) is 8.65. The van der Waals surface area contributed by atoms with E-state index in [4.69, 9.17) is 16.3 Å². The molecular weight excluding hydrogens is 426 g/mol. The Labute approximate surface area is 192 Å². The van der Waals surface area contributed by atoms with Crippen molar-refractivity contribution in [3.63, 3.8) is 0 Å². The fourth-order valence-corrected chi connectivity index (χ4v) is 5.09. The molecule has 0 spiro atoms. The fraction of sp³-hybridized carbons (Fsp3) is 0.417. The Morgan fingerprint density at radius 3 is 2.72 bits per heavy atom. The lowest BCUT2D eigenvalue weighted by Gasteiger charge is -2.28. The molecule has 1 aliphatic heterocycles. The highest BCUT2D eigenvalue weighted by Gasteiger charge is 2.32. The number of carbonyl (C=O) groups is 1. The minimum Gasteiger partial charge on any atom is -0.474 e. The Bertz CT molecular complexity index is 1110. The molecule has 0 radical (unpaired) electrons. The maximum absolute atomic E-state index is 11.7. The third-order valence-corrected chi connectivity index (χ3v) is 6.54. The molecule has 166 valence electrons. The van der Waals surface area contributed by atoms with Gasteiger partial charge in [0.2, 0.25) is 11.8 Å². The molecule has 1 atom stereocenters. The highest BCUT2D eigenvalue weighted by Crippen LogP contribution is 2.37. The lowest BCUT2D eigenvalue weighted by molar-refractivity contribution is -0.119. The minimum absolute atomic E-state index is 0.0366. The third-order valence-electron chi connectivity index (χ3n) is 6.30. The van der Waals surface area contributed by atoms with Crippen molar-refractivity contribution in [1.29, 1.82) is 0 Å². The van der Waals surface area contributed by atoms with E-state index in [-0.39, 0.29) is 18.1 Å². The van der Waals surface area contributed by atoms with Crippen LogP contribution >= 0.6 is 11.6 Å². The van der Waals surface area contributed by atoms with Crippen LogP contribution in [-0.4, -0.2) is 37.8 Å². The van der Waals surface area contributed by atoms with E-state index in [1.165, 1.54) is 0 Å². The quantitative estimate of drug-likeness (QED) is 0.647. The molecule has 3 aromatic rings. The molecule has 5 rings (SSSR count). The van der Waals surface area contributed by atoms with Gasteiger partial charge in [-0.1, -0.05) is 17.7 Å². The Balaban J connectivity index is 1.39. The molecule has 1 aliphatic carbocycles. The van der Waals surface area contributed by atoms with Gasteiger partial charge in [0.05, 0.1) is 5.69 Å². The van der Waals surface area contributed by atoms with Gasteiger partial charge in [0.15, 0.2) is 0 Å². The lowest BCUT2D eigenvalue weighted by Crippen LogP contribution is -2.36. The van der Waals surface area contributed by atoms with Gasteiger partial charge in [0.25, 0.3) is 0 Å². The molecule has 2 aromatic heterocycles. The van der Waals surface area contributed by atoms with Gasteiger partial charge in [-0.2, -0.15) is 0 Å². The first-order valence-corrected chi connectivity index (χ1v) is 11.5. The topological polar surface area (TPSA) is 81.9 Å². The first-order valence-electron chi connectivity index (χ1n) is 11.1. The van der Waals surface area contributed by atoms with Gasteiger partial charge in [-0.05, 0) is 61.9 Å². The van der Waals surface area contributed by atoms with Gasteiger partial charge in [-0.25, -0.2) is 4.98 Å². The summed E-state index contributed by atoms with van der Waals surface area (Å²) in [6.07, 6.45) is 7.13. The van der Waals surface area contributed by atoms with Gasteiger partial charge in [0, 0.05) is 42.6 Å². The number of hydrogen-bond acceptors (Lipinski definition) is 5. The minimum atomic E-state index is -0.0435. The smallest absolute Gasteiger partial charge is 0.217 e. The Morgan fingerprint density at radius 2 is 1.97 bits per heavy atom. The number of ether oxygens (including phenoxy) is 1. The van der Waals surface area contributed by atoms with E-state index in [1.54, 1.807) is 13.1 Å². The summed E-state index contributed by atoms with van der Waals surface area (Å²) in [6.45, 7) is 1.55. The summed E-state index contributed by atoms with van der Waals surface area (Å²) >= 11 is 6.31. The summed E-state index contributed by atoms with van der Waals surface area (Å²) < 4.78 is 8.26. The van der Waals surface area contributed by atoms with Crippen LogP contribution in [0.3, 0.4) is 0 Å². The number of nitrogens with zero attached hydrogens (tertiary/aromatic N) is 4. The maximum Gasteiger partial charge on any atom is 0.217 e. The molecule has 0 bridgehead atoms. The monoisotopic (exact) mass is 451 g/mol. The molecule has 1 fully saturated rings. The molecule has 8 heteroatoms. The van der Waals surface area contributed by atoms with Crippen molar-refractivity contribution in [2.24, 2.45) is 0 Å². The number of benzene rings is 1. The van der Waals surface area contributed by atoms with Gasteiger partial charge in [0.1, 0.15) is 17.8 Å². The van der Waals surface area contributed by atoms with Crippen LogP contribution in [-0.2, 0) is 17.6 Å². The summed E-state index contributed by atoms with van der Waals surface area (Å²) in [6, 6.07) is 11.6. The van der Waals surface area contributed by atoms with Crippen molar-refractivity contribution in [3.05, 3.63) is 64.8 Å². The summed E-state index contributed by atoms with van der Waals surface area (Å²) in [5.41, 5.74) is 2.16. The van der Waals surface area contributed by atoms with Crippen LogP contribution in [0.25, 0.3) is 5.69 Å². The highest BCUT2D eigenvalue weighted by molar-refractivity contribution is 6.30. The van der Waals surface area contributed by atoms with Crippen molar-refractivity contribution in [3.8, 4) is 11.6 Å². The number of hydrogen-bond donors (Lipinski definition) is 1. The summed E-state index contributed by atoms with van der Waals surface area (Å²) in [4.78, 5) is 16.0. The Kier molecular flexibility index (Phi) is 5.83. The van der Waals surface area contributed by atoms with Crippen LogP contribution < -0.4 is 10.1 Å². The number of rotatable bonds is 4. The molecule has 1 aromatic carbocycles. The van der Waals surface area contributed by atoms with Crippen molar-refractivity contribution in [2.75, 3.05) is 0 Å². The van der Waals surface area contributed by atoms with E-state index in [0.717, 1.165) is 48.6 Å². The van der Waals surface area contributed by atoms with Gasteiger partial charge in [-0.3, -0.25) is 9.36 Å². The molecule has 3 heterocycles. The summed E-state index contributed by atoms with van der Waals surface area (Å²) in [5, 5.41) is 12.9. The zero-order chi connectivity index (χ0) is 22.1. The average molecular weight is 452 g/mol. The summed E-state index contributed by atoms with van der Waals surface area (Å²) in [7, 11) is 0. The van der Waals surface area contributed by atoms with Crippen LogP contribution in [0.15, 0.2) is 42.6 Å². The van der Waals surface area contributed by atoms with Crippen molar-refractivity contribution >= 4 is 17.5 Å². The molecule has 32 heavy (non-hydrogen) atoms. The molecule has 2 aliphatic rings. The number of carbonyl (C=O) groups excluding carboxylic acids is 1. The van der Waals surface area contributed by atoms with Crippen molar-refractivity contribution in [1.82, 2.24) is 25.1 Å². The molecule has 1 N–H and O–H groups in total. The Hall–Kier alpha value is -2.93. The maximum atomic E-state index is 11.7. The number of nitrogens with one attached hydrogen (secondary N) is 1. The zero-order valence-electron chi connectivity index (χ0n) is 18.0. The lowest BCUT2D eigenvalue weighted by atomic mass is 9.86. The second kappa shape index (κ2) is 8.90. The second-order valence-corrected chi connectivity index (χ2v) is 9.08. The van der Waals surface area contributed by atoms with Crippen LogP contribution in [0.4, 0.5) is 0 Å². The van der Waals surface area contributed by atoms with E-state index in [0.29, 0.717) is 29.7 Å². The van der Waals surface area contributed by atoms with Gasteiger partial charge < -0.3 is 10.1 Å².